The van der Waals surface area contributed by atoms with Gasteiger partial charge in [0.15, 0.2) is 5.13 Å². The Labute approximate surface area is 210 Å². The average molecular weight is 495 g/mol. The highest BCUT2D eigenvalue weighted by Gasteiger charge is 2.23. The van der Waals surface area contributed by atoms with Crippen molar-refractivity contribution >= 4 is 16.5 Å². The van der Waals surface area contributed by atoms with Crippen LogP contribution in [0.15, 0.2) is 41.3 Å². The second kappa shape index (κ2) is 10.9. The van der Waals surface area contributed by atoms with Crippen LogP contribution in [0.5, 0.6) is 5.75 Å². The van der Waals surface area contributed by atoms with Crippen LogP contribution >= 0.6 is 11.3 Å². The zero-order valence-corrected chi connectivity index (χ0v) is 21.5. The van der Waals surface area contributed by atoms with Gasteiger partial charge in [0.2, 0.25) is 0 Å². The number of rotatable bonds is 8. The molecule has 0 spiro atoms. The predicted molar refractivity (Wildman–Crippen MR) is 140 cm³/mol. The summed E-state index contributed by atoms with van der Waals surface area (Å²) in [4.78, 5) is 24.2. The molecule has 0 bridgehead atoms. The van der Waals surface area contributed by atoms with Gasteiger partial charge in [-0.05, 0) is 35.7 Å². The van der Waals surface area contributed by atoms with Gasteiger partial charge in [-0.1, -0.05) is 25.5 Å². The molecule has 0 saturated carbocycles. The van der Waals surface area contributed by atoms with Crippen LogP contribution in [-0.2, 0) is 37.2 Å². The van der Waals surface area contributed by atoms with Crippen molar-refractivity contribution < 1.29 is 9.47 Å². The Hall–Kier alpha value is -2.68. The van der Waals surface area contributed by atoms with Crippen molar-refractivity contribution in [3.05, 3.63) is 74.1 Å². The Morgan fingerprint density at radius 1 is 1.11 bits per heavy atom. The highest BCUT2D eigenvalue weighted by atomic mass is 32.1. The van der Waals surface area contributed by atoms with E-state index in [4.69, 9.17) is 9.47 Å². The molecule has 2 aliphatic heterocycles. The summed E-state index contributed by atoms with van der Waals surface area (Å²) in [6.07, 6.45) is 4.68. The van der Waals surface area contributed by atoms with Gasteiger partial charge in [-0.3, -0.25) is 9.69 Å². The number of anilines is 1. The summed E-state index contributed by atoms with van der Waals surface area (Å²) in [5.74, 6) is 0.832. The highest BCUT2D eigenvalue weighted by Crippen LogP contribution is 2.27. The number of aryl methyl sites for hydroxylation is 1. The van der Waals surface area contributed by atoms with E-state index >= 15 is 0 Å². The maximum atomic E-state index is 13.4. The Morgan fingerprint density at radius 2 is 1.91 bits per heavy atom. The van der Waals surface area contributed by atoms with Crippen LogP contribution in [0.1, 0.15) is 40.6 Å². The third-order valence-electron chi connectivity index (χ3n) is 6.85. The first-order valence-corrected chi connectivity index (χ1v) is 13.3. The molecule has 2 aliphatic rings. The van der Waals surface area contributed by atoms with Crippen molar-refractivity contribution in [1.82, 2.24) is 14.5 Å². The smallest absolute Gasteiger partial charge is 0.254 e. The average Bonchev–Trinajstić information content (AvgIpc) is 3.36. The van der Waals surface area contributed by atoms with Crippen molar-refractivity contribution in [2.24, 2.45) is 0 Å². The summed E-state index contributed by atoms with van der Waals surface area (Å²) in [5, 5.41) is 1.10. The molecule has 35 heavy (non-hydrogen) atoms. The monoisotopic (exact) mass is 494 g/mol. The SMILES string of the molecule is CCCc1cc2c(n(Cc3ccc(OC)cc3)c1=O)CCN(Cc1cnc(N3CCOCC3)s1)C2. The number of benzene rings is 1. The number of methoxy groups -OCH3 is 1. The fourth-order valence-electron chi connectivity index (χ4n) is 5.00. The Morgan fingerprint density at radius 3 is 2.66 bits per heavy atom. The van der Waals surface area contributed by atoms with Crippen LogP contribution in [0, 0.1) is 0 Å². The number of pyridine rings is 1. The fraction of sp³-hybridized carbons (Fsp3) is 0.481. The van der Waals surface area contributed by atoms with E-state index < -0.39 is 0 Å². The lowest BCUT2D eigenvalue weighted by Gasteiger charge is -2.31. The molecule has 0 atom stereocenters. The van der Waals surface area contributed by atoms with Gasteiger partial charge in [0, 0.05) is 61.5 Å². The lowest BCUT2D eigenvalue weighted by molar-refractivity contribution is 0.122. The normalized spacial score (nSPS) is 16.3. The fourth-order valence-corrected chi connectivity index (χ4v) is 6.00. The molecular weight excluding hydrogens is 460 g/mol. The largest absolute Gasteiger partial charge is 0.497 e. The van der Waals surface area contributed by atoms with Crippen LogP contribution < -0.4 is 15.2 Å². The van der Waals surface area contributed by atoms with Gasteiger partial charge in [0.1, 0.15) is 5.75 Å². The molecular formula is C27H34N4O3S. The summed E-state index contributed by atoms with van der Waals surface area (Å²) in [6.45, 7) is 8.79. The zero-order chi connectivity index (χ0) is 24.2. The second-order valence-corrected chi connectivity index (χ2v) is 10.4. The van der Waals surface area contributed by atoms with Crippen molar-refractivity contribution in [1.29, 1.82) is 0 Å². The number of nitrogens with zero attached hydrogens (tertiary/aromatic N) is 4. The number of morpholine rings is 1. The molecule has 0 amide bonds. The first kappa shape index (κ1) is 24.0. The first-order valence-electron chi connectivity index (χ1n) is 12.5. The quantitative estimate of drug-likeness (QED) is 0.476. The van der Waals surface area contributed by atoms with Gasteiger partial charge >= 0.3 is 0 Å². The maximum absolute atomic E-state index is 13.4. The Balaban J connectivity index is 1.35. The number of hydrogen-bond acceptors (Lipinski definition) is 7. The lowest BCUT2D eigenvalue weighted by Crippen LogP contribution is -2.37. The summed E-state index contributed by atoms with van der Waals surface area (Å²) >= 11 is 1.79. The van der Waals surface area contributed by atoms with E-state index in [1.807, 2.05) is 22.9 Å². The predicted octanol–water partition coefficient (Wildman–Crippen LogP) is 3.71. The number of aromatic nitrogens is 2. The van der Waals surface area contributed by atoms with Gasteiger partial charge in [-0.25, -0.2) is 4.98 Å². The molecule has 1 fully saturated rings. The van der Waals surface area contributed by atoms with E-state index in [2.05, 4.69) is 39.9 Å². The van der Waals surface area contributed by atoms with Gasteiger partial charge < -0.3 is 18.9 Å². The van der Waals surface area contributed by atoms with Crippen molar-refractivity contribution in [3.8, 4) is 5.75 Å². The van der Waals surface area contributed by atoms with Gasteiger partial charge in [-0.15, -0.1) is 11.3 Å². The molecule has 0 unspecified atom stereocenters. The van der Waals surface area contributed by atoms with Crippen LogP contribution in [0.3, 0.4) is 0 Å². The van der Waals surface area contributed by atoms with Gasteiger partial charge in [-0.2, -0.15) is 0 Å². The summed E-state index contributed by atoms with van der Waals surface area (Å²) in [7, 11) is 1.67. The molecule has 8 heteroatoms. The lowest BCUT2D eigenvalue weighted by atomic mass is 10.00. The van der Waals surface area contributed by atoms with Crippen molar-refractivity contribution in [2.75, 3.05) is 44.9 Å². The van der Waals surface area contributed by atoms with E-state index in [9.17, 15) is 4.79 Å². The minimum Gasteiger partial charge on any atom is -0.497 e. The molecule has 1 saturated heterocycles. The molecule has 0 aliphatic carbocycles. The minimum atomic E-state index is 0.160. The second-order valence-electron chi connectivity index (χ2n) is 9.30. The molecule has 5 rings (SSSR count). The van der Waals surface area contributed by atoms with Gasteiger partial charge in [0.05, 0.1) is 26.9 Å². The van der Waals surface area contributed by atoms with Crippen LogP contribution in [0.25, 0.3) is 0 Å². The third-order valence-corrected chi connectivity index (χ3v) is 7.89. The number of ether oxygens (including phenoxy) is 2. The zero-order valence-electron chi connectivity index (χ0n) is 20.7. The van der Waals surface area contributed by atoms with Crippen LogP contribution in [0.4, 0.5) is 5.13 Å². The molecule has 7 nitrogen and oxygen atoms in total. The Kier molecular flexibility index (Phi) is 7.51. The molecule has 0 N–H and O–H groups in total. The van der Waals surface area contributed by atoms with E-state index in [1.54, 1.807) is 18.4 Å². The van der Waals surface area contributed by atoms with Gasteiger partial charge in [0.25, 0.3) is 5.56 Å². The number of thiazole rings is 1. The van der Waals surface area contributed by atoms with Crippen LogP contribution in [0.2, 0.25) is 0 Å². The Bertz CT molecular complexity index is 1200. The molecule has 0 radical (unpaired) electrons. The summed E-state index contributed by atoms with van der Waals surface area (Å²) in [5.41, 5.74) is 4.67. The minimum absolute atomic E-state index is 0.160. The molecule has 4 heterocycles. The van der Waals surface area contributed by atoms with E-state index in [-0.39, 0.29) is 5.56 Å². The molecule has 186 valence electrons. The van der Waals surface area contributed by atoms with E-state index in [0.29, 0.717) is 6.54 Å². The van der Waals surface area contributed by atoms with E-state index in [1.165, 1.54) is 16.1 Å². The topological polar surface area (TPSA) is 59.8 Å². The van der Waals surface area contributed by atoms with Crippen molar-refractivity contribution in [3.63, 3.8) is 0 Å². The number of fused-ring (bicyclic) bond motifs is 1. The maximum Gasteiger partial charge on any atom is 0.254 e. The first-order chi connectivity index (χ1) is 17.1. The molecule has 1 aromatic carbocycles. The number of hydrogen-bond donors (Lipinski definition) is 0. The summed E-state index contributed by atoms with van der Waals surface area (Å²) in [6, 6.07) is 10.2. The third kappa shape index (κ3) is 5.44. The molecule has 3 aromatic rings. The van der Waals surface area contributed by atoms with Crippen molar-refractivity contribution in [2.45, 2.75) is 45.8 Å². The summed E-state index contributed by atoms with van der Waals surface area (Å²) < 4.78 is 12.8. The van der Waals surface area contributed by atoms with Crippen LogP contribution in [-0.4, -0.2) is 54.4 Å². The standard InChI is InChI=1S/C27H34N4O3S/c1-3-4-21-15-22-18-29(19-24-16-28-27(35-24)30-11-13-34-14-12-30)10-9-25(22)31(26(21)32)17-20-5-7-23(33-2)8-6-20/h5-8,15-16H,3-4,9-14,17-19H2,1-2H3. The molecule has 2 aromatic heterocycles. The van der Waals surface area contributed by atoms with E-state index in [0.717, 1.165) is 87.2 Å². The highest BCUT2D eigenvalue weighted by molar-refractivity contribution is 7.15.